The molecule has 0 radical (unpaired) electrons. The molecule has 1 aliphatic carbocycles. The Morgan fingerprint density at radius 1 is 1.27 bits per heavy atom. The zero-order valence-corrected chi connectivity index (χ0v) is 15.0. The third-order valence-electron chi connectivity index (χ3n) is 4.91. The highest BCUT2D eigenvalue weighted by Crippen LogP contribution is 2.36. The van der Waals surface area contributed by atoms with Crippen molar-refractivity contribution in [3.05, 3.63) is 69.8 Å². The van der Waals surface area contributed by atoms with Crippen LogP contribution in [0.5, 0.6) is 0 Å². The monoisotopic (exact) mass is 353 g/mol. The molecule has 6 heteroatoms. The van der Waals surface area contributed by atoms with E-state index in [9.17, 15) is 14.9 Å². The molecule has 2 aromatic rings. The van der Waals surface area contributed by atoms with E-state index in [1.54, 1.807) is 19.1 Å². The Morgan fingerprint density at radius 2 is 1.96 bits per heavy atom. The molecule has 1 fully saturated rings. The van der Waals surface area contributed by atoms with Crippen LogP contribution in [-0.2, 0) is 6.54 Å². The number of anilines is 1. The van der Waals surface area contributed by atoms with Gasteiger partial charge in [-0.25, -0.2) is 4.79 Å². The maximum absolute atomic E-state index is 12.9. The summed E-state index contributed by atoms with van der Waals surface area (Å²) in [5.74, 6) is 0.525. The minimum absolute atomic E-state index is 0.00708. The van der Waals surface area contributed by atoms with Crippen LogP contribution in [0.2, 0.25) is 0 Å². The Bertz CT molecular complexity index is 803. The van der Waals surface area contributed by atoms with E-state index in [0.717, 1.165) is 18.4 Å². The predicted octanol–water partition coefficient (Wildman–Crippen LogP) is 4.74. The Hall–Kier alpha value is -2.89. The molecule has 2 aromatic carbocycles. The van der Waals surface area contributed by atoms with E-state index in [-0.39, 0.29) is 17.8 Å². The van der Waals surface area contributed by atoms with Gasteiger partial charge in [-0.15, -0.1) is 0 Å². The predicted molar refractivity (Wildman–Crippen MR) is 101 cm³/mol. The van der Waals surface area contributed by atoms with Gasteiger partial charge >= 0.3 is 6.03 Å². The Labute approximate surface area is 153 Å². The van der Waals surface area contributed by atoms with Crippen LogP contribution in [0.1, 0.15) is 30.9 Å². The summed E-state index contributed by atoms with van der Waals surface area (Å²) in [7, 11) is 0. The number of hydrogen-bond acceptors (Lipinski definition) is 3. The first-order chi connectivity index (χ1) is 12.5. The molecule has 0 heterocycles. The number of urea groups is 1. The zero-order chi connectivity index (χ0) is 18.7. The first kappa shape index (κ1) is 17.9. The molecule has 0 bridgehead atoms. The first-order valence-electron chi connectivity index (χ1n) is 8.82. The number of carbonyl (C=O) groups is 1. The second kappa shape index (κ2) is 7.56. The lowest BCUT2D eigenvalue weighted by Crippen LogP contribution is -2.42. The van der Waals surface area contributed by atoms with Crippen LogP contribution >= 0.6 is 0 Å². The van der Waals surface area contributed by atoms with Gasteiger partial charge in [0.2, 0.25) is 0 Å². The molecule has 0 aliphatic heterocycles. The SMILES string of the molecule is Cc1ccc(NC(=O)N(Cc2ccccc2)C(C)C2CC2)cc1[N+](=O)[O-]. The number of nitrogens with one attached hydrogen (secondary N) is 1. The van der Waals surface area contributed by atoms with Crippen molar-refractivity contribution in [2.45, 2.75) is 39.3 Å². The minimum Gasteiger partial charge on any atom is -0.317 e. The molecule has 0 saturated heterocycles. The van der Waals surface area contributed by atoms with E-state index in [0.29, 0.717) is 23.7 Å². The number of hydrogen-bond donors (Lipinski definition) is 1. The average Bonchev–Trinajstić information content (AvgIpc) is 3.46. The number of aryl methyl sites for hydroxylation is 1. The Kier molecular flexibility index (Phi) is 5.21. The van der Waals surface area contributed by atoms with Crippen molar-refractivity contribution >= 4 is 17.4 Å². The maximum Gasteiger partial charge on any atom is 0.322 e. The molecule has 136 valence electrons. The van der Waals surface area contributed by atoms with Gasteiger partial charge in [-0.2, -0.15) is 0 Å². The Balaban J connectivity index is 1.79. The van der Waals surface area contributed by atoms with Crippen molar-refractivity contribution in [2.75, 3.05) is 5.32 Å². The van der Waals surface area contributed by atoms with Gasteiger partial charge in [0.1, 0.15) is 0 Å². The lowest BCUT2D eigenvalue weighted by atomic mass is 10.1. The summed E-state index contributed by atoms with van der Waals surface area (Å²) in [4.78, 5) is 25.4. The Morgan fingerprint density at radius 3 is 2.58 bits per heavy atom. The van der Waals surface area contributed by atoms with Crippen LogP contribution in [-0.4, -0.2) is 21.9 Å². The molecular weight excluding hydrogens is 330 g/mol. The van der Waals surface area contributed by atoms with Crippen LogP contribution in [0.25, 0.3) is 0 Å². The van der Waals surface area contributed by atoms with E-state index in [4.69, 9.17) is 0 Å². The van der Waals surface area contributed by atoms with Crippen molar-refractivity contribution < 1.29 is 9.72 Å². The van der Waals surface area contributed by atoms with Crippen LogP contribution in [0.4, 0.5) is 16.2 Å². The highest BCUT2D eigenvalue weighted by atomic mass is 16.6. The molecule has 1 unspecified atom stereocenters. The number of nitro groups is 1. The van der Waals surface area contributed by atoms with Crippen LogP contribution in [0.3, 0.4) is 0 Å². The number of nitro benzene ring substituents is 1. The summed E-state index contributed by atoms with van der Waals surface area (Å²) < 4.78 is 0. The number of amides is 2. The van der Waals surface area contributed by atoms with Gasteiger partial charge in [0.05, 0.1) is 4.92 Å². The van der Waals surface area contributed by atoms with Gasteiger partial charge < -0.3 is 10.2 Å². The van der Waals surface area contributed by atoms with Crippen LogP contribution in [0, 0.1) is 23.0 Å². The fourth-order valence-corrected chi connectivity index (χ4v) is 3.09. The maximum atomic E-state index is 12.9. The van der Waals surface area contributed by atoms with Crippen molar-refractivity contribution in [1.29, 1.82) is 0 Å². The molecule has 0 spiro atoms. The molecule has 3 rings (SSSR count). The number of benzene rings is 2. The number of rotatable bonds is 6. The van der Waals surface area contributed by atoms with Crippen molar-refractivity contribution in [3.63, 3.8) is 0 Å². The van der Waals surface area contributed by atoms with Crippen molar-refractivity contribution in [1.82, 2.24) is 4.90 Å². The normalized spacial score (nSPS) is 14.5. The van der Waals surface area contributed by atoms with E-state index < -0.39 is 4.92 Å². The average molecular weight is 353 g/mol. The summed E-state index contributed by atoms with van der Waals surface area (Å²) in [6.07, 6.45) is 2.27. The van der Waals surface area contributed by atoms with Crippen LogP contribution < -0.4 is 5.32 Å². The largest absolute Gasteiger partial charge is 0.322 e. The van der Waals surface area contributed by atoms with Gasteiger partial charge in [-0.3, -0.25) is 10.1 Å². The lowest BCUT2D eigenvalue weighted by molar-refractivity contribution is -0.385. The number of carbonyl (C=O) groups excluding carboxylic acids is 1. The summed E-state index contributed by atoms with van der Waals surface area (Å²) >= 11 is 0. The molecule has 1 saturated carbocycles. The second-order valence-electron chi connectivity index (χ2n) is 6.88. The first-order valence-corrected chi connectivity index (χ1v) is 8.82. The van der Waals surface area contributed by atoms with Gasteiger partial charge in [0.25, 0.3) is 5.69 Å². The lowest BCUT2D eigenvalue weighted by Gasteiger charge is -2.29. The molecule has 26 heavy (non-hydrogen) atoms. The second-order valence-corrected chi connectivity index (χ2v) is 6.88. The zero-order valence-electron chi connectivity index (χ0n) is 15.0. The molecule has 2 amide bonds. The third-order valence-corrected chi connectivity index (χ3v) is 4.91. The minimum atomic E-state index is -0.431. The summed E-state index contributed by atoms with van der Waals surface area (Å²) in [6, 6.07) is 14.5. The van der Waals surface area contributed by atoms with Crippen molar-refractivity contribution in [3.8, 4) is 0 Å². The van der Waals surface area contributed by atoms with Crippen LogP contribution in [0.15, 0.2) is 48.5 Å². The molecule has 1 aliphatic rings. The van der Waals surface area contributed by atoms with Gasteiger partial charge in [-0.1, -0.05) is 36.4 Å². The molecular formula is C20H23N3O3. The summed E-state index contributed by atoms with van der Waals surface area (Å²) in [5.41, 5.74) is 2.08. The fraction of sp³-hybridized carbons (Fsp3) is 0.350. The summed E-state index contributed by atoms with van der Waals surface area (Å²) in [5, 5.41) is 14.0. The van der Waals surface area contributed by atoms with E-state index in [1.807, 2.05) is 35.2 Å². The highest BCUT2D eigenvalue weighted by Gasteiger charge is 2.34. The van der Waals surface area contributed by atoms with Gasteiger partial charge in [-0.05, 0) is 44.2 Å². The third kappa shape index (κ3) is 4.20. The molecule has 6 nitrogen and oxygen atoms in total. The highest BCUT2D eigenvalue weighted by molar-refractivity contribution is 5.90. The van der Waals surface area contributed by atoms with Gasteiger partial charge in [0.15, 0.2) is 0 Å². The smallest absolute Gasteiger partial charge is 0.317 e. The van der Waals surface area contributed by atoms with Gasteiger partial charge in [0, 0.05) is 29.9 Å². The van der Waals surface area contributed by atoms with E-state index in [1.165, 1.54) is 6.07 Å². The topological polar surface area (TPSA) is 75.5 Å². The molecule has 1 atom stereocenters. The molecule has 1 N–H and O–H groups in total. The summed E-state index contributed by atoms with van der Waals surface area (Å²) in [6.45, 7) is 4.26. The quantitative estimate of drug-likeness (QED) is 0.602. The number of nitrogens with zero attached hydrogens (tertiary/aromatic N) is 2. The van der Waals surface area contributed by atoms with E-state index >= 15 is 0 Å². The molecule has 0 aromatic heterocycles. The van der Waals surface area contributed by atoms with Crippen molar-refractivity contribution in [2.24, 2.45) is 5.92 Å². The fourth-order valence-electron chi connectivity index (χ4n) is 3.09. The van der Waals surface area contributed by atoms with E-state index in [2.05, 4.69) is 12.2 Å². The standard InChI is InChI=1S/C20H23N3O3/c1-14-8-11-18(12-19(14)23(25)26)21-20(24)22(15(2)17-9-10-17)13-16-6-4-3-5-7-16/h3-8,11-12,15,17H,9-10,13H2,1-2H3,(H,21,24).